The largest absolute Gasteiger partial charge is 0.272 e. The van der Waals surface area contributed by atoms with Crippen LogP contribution < -0.4 is 5.43 Å². The highest BCUT2D eigenvalue weighted by atomic mass is 79.9. The first-order valence-electron chi connectivity index (χ1n) is 4.59. The van der Waals surface area contributed by atoms with Crippen molar-refractivity contribution in [2.75, 3.05) is 0 Å². The van der Waals surface area contributed by atoms with Crippen molar-refractivity contribution in [3.63, 3.8) is 0 Å². The predicted octanol–water partition coefficient (Wildman–Crippen LogP) is 2.20. The molecule has 0 unspecified atom stereocenters. The Morgan fingerprint density at radius 2 is 2.12 bits per heavy atom. The molecule has 1 rings (SSSR count). The average Bonchev–Trinajstić information content (AvgIpc) is 2.27. The Hall–Kier alpha value is -1.67. The van der Waals surface area contributed by atoms with E-state index >= 15 is 0 Å². The topological polar surface area (TPSA) is 65.2 Å². The third kappa shape index (κ3) is 3.83. The number of nitriles is 1. The first-order chi connectivity index (χ1) is 7.63. The molecular weight excluding hydrogens is 270 g/mol. The minimum Gasteiger partial charge on any atom is -0.272 e. The number of rotatable bonds is 3. The molecule has 0 spiro atoms. The van der Waals surface area contributed by atoms with Crippen LogP contribution in [0.3, 0.4) is 0 Å². The Morgan fingerprint density at radius 3 is 2.69 bits per heavy atom. The number of nitrogens with zero attached hydrogens (tertiary/aromatic N) is 2. The number of benzene rings is 1. The number of hydrogen-bond acceptors (Lipinski definition) is 3. The summed E-state index contributed by atoms with van der Waals surface area (Å²) in [6.45, 7) is 1.79. The monoisotopic (exact) mass is 279 g/mol. The maximum absolute atomic E-state index is 11.0. The van der Waals surface area contributed by atoms with Gasteiger partial charge in [0, 0.05) is 4.47 Å². The van der Waals surface area contributed by atoms with Crippen molar-refractivity contribution >= 4 is 27.5 Å². The molecule has 0 atom stereocenters. The van der Waals surface area contributed by atoms with Crippen LogP contribution in [0, 0.1) is 11.3 Å². The highest BCUT2D eigenvalue weighted by Gasteiger charge is 2.00. The van der Waals surface area contributed by atoms with Crippen LogP contribution in [0.4, 0.5) is 0 Å². The highest BCUT2D eigenvalue weighted by Crippen LogP contribution is 2.10. The van der Waals surface area contributed by atoms with Crippen molar-refractivity contribution in [3.05, 3.63) is 34.3 Å². The van der Waals surface area contributed by atoms with Gasteiger partial charge in [-0.2, -0.15) is 10.4 Å². The van der Waals surface area contributed by atoms with Crippen LogP contribution in [-0.2, 0) is 4.79 Å². The summed E-state index contributed by atoms with van der Waals surface area (Å²) in [5.74, 6) is -0.404. The maximum Gasteiger partial charge on any atom is 0.254 e. The fourth-order valence-electron chi connectivity index (χ4n) is 1.01. The molecule has 0 saturated carbocycles. The van der Waals surface area contributed by atoms with Gasteiger partial charge in [0.25, 0.3) is 5.91 Å². The number of hydrogen-bond donors (Lipinski definition) is 1. The van der Waals surface area contributed by atoms with Crippen molar-refractivity contribution in [3.8, 4) is 6.07 Å². The summed E-state index contributed by atoms with van der Waals surface area (Å²) in [6.07, 6.45) is -0.183. The average molecular weight is 280 g/mol. The number of amides is 1. The normalized spacial score (nSPS) is 10.7. The van der Waals surface area contributed by atoms with Gasteiger partial charge in [0.2, 0.25) is 0 Å². The first-order valence-corrected chi connectivity index (χ1v) is 5.39. The maximum atomic E-state index is 11.0. The van der Waals surface area contributed by atoms with Crippen LogP contribution in [-0.4, -0.2) is 11.6 Å². The van der Waals surface area contributed by atoms with E-state index in [1.807, 2.05) is 24.3 Å². The first kappa shape index (κ1) is 12.4. The Balaban J connectivity index is 2.67. The van der Waals surface area contributed by atoms with Crippen LogP contribution >= 0.6 is 15.9 Å². The number of nitrogens with one attached hydrogen (secondary N) is 1. The molecule has 0 bridgehead atoms. The van der Waals surface area contributed by atoms with E-state index in [-0.39, 0.29) is 6.42 Å². The minimum absolute atomic E-state index is 0.183. The summed E-state index contributed by atoms with van der Waals surface area (Å²) >= 11 is 3.33. The third-order valence-electron chi connectivity index (χ3n) is 1.85. The summed E-state index contributed by atoms with van der Waals surface area (Å²) in [6, 6.07) is 9.32. The molecule has 1 amide bonds. The summed E-state index contributed by atoms with van der Waals surface area (Å²) in [4.78, 5) is 11.0. The molecule has 82 valence electrons. The molecule has 0 aliphatic carbocycles. The second-order valence-electron chi connectivity index (χ2n) is 3.07. The molecule has 4 nitrogen and oxygen atoms in total. The van der Waals surface area contributed by atoms with Crippen LogP contribution in [0.1, 0.15) is 18.9 Å². The molecule has 0 aliphatic rings. The van der Waals surface area contributed by atoms with E-state index in [1.54, 1.807) is 13.0 Å². The van der Waals surface area contributed by atoms with E-state index in [1.165, 1.54) is 0 Å². The molecule has 0 fully saturated rings. The molecule has 1 aromatic rings. The van der Waals surface area contributed by atoms with E-state index in [2.05, 4.69) is 26.5 Å². The molecule has 0 heterocycles. The zero-order valence-corrected chi connectivity index (χ0v) is 10.3. The van der Waals surface area contributed by atoms with Gasteiger partial charge >= 0.3 is 0 Å². The Bertz CT molecular complexity index is 445. The predicted molar refractivity (Wildman–Crippen MR) is 64.7 cm³/mol. The summed E-state index contributed by atoms with van der Waals surface area (Å²) in [5.41, 5.74) is 3.92. The summed E-state index contributed by atoms with van der Waals surface area (Å²) in [5, 5.41) is 12.2. The van der Waals surface area contributed by atoms with Crippen LogP contribution in [0.2, 0.25) is 0 Å². The van der Waals surface area contributed by atoms with E-state index in [0.717, 1.165) is 10.0 Å². The second kappa shape index (κ2) is 6.03. The zero-order chi connectivity index (χ0) is 12.0. The molecule has 0 radical (unpaired) electrons. The van der Waals surface area contributed by atoms with E-state index in [9.17, 15) is 4.79 Å². The standard InChI is InChI=1S/C11H10BrN3O/c1-8(14-15-11(16)6-7-13)9-2-4-10(12)5-3-9/h2-5H,6H2,1H3,(H,15,16). The van der Waals surface area contributed by atoms with Gasteiger partial charge < -0.3 is 0 Å². The number of carbonyl (C=O) groups excluding carboxylic acids is 1. The van der Waals surface area contributed by atoms with Gasteiger partial charge in [-0.1, -0.05) is 28.1 Å². The Kier molecular flexibility index (Phi) is 4.67. The van der Waals surface area contributed by atoms with Gasteiger partial charge in [-0.3, -0.25) is 4.79 Å². The lowest BCUT2D eigenvalue weighted by Gasteiger charge is -2.01. The smallest absolute Gasteiger partial charge is 0.254 e. The second-order valence-corrected chi connectivity index (χ2v) is 3.99. The van der Waals surface area contributed by atoms with Crippen molar-refractivity contribution in [2.24, 2.45) is 5.10 Å². The molecule has 0 aromatic heterocycles. The zero-order valence-electron chi connectivity index (χ0n) is 8.70. The van der Waals surface area contributed by atoms with Crippen molar-refractivity contribution < 1.29 is 4.79 Å². The summed E-state index contributed by atoms with van der Waals surface area (Å²) < 4.78 is 0.984. The number of halogens is 1. The molecule has 0 saturated heterocycles. The molecule has 0 aliphatic heterocycles. The van der Waals surface area contributed by atoms with Gasteiger partial charge in [0.05, 0.1) is 11.8 Å². The molecule has 16 heavy (non-hydrogen) atoms. The third-order valence-corrected chi connectivity index (χ3v) is 2.38. The lowest BCUT2D eigenvalue weighted by atomic mass is 10.1. The van der Waals surface area contributed by atoms with Crippen LogP contribution in [0.15, 0.2) is 33.8 Å². The highest BCUT2D eigenvalue weighted by molar-refractivity contribution is 9.10. The molecular formula is C11H10BrN3O. The number of carbonyl (C=O) groups is 1. The van der Waals surface area contributed by atoms with Crippen molar-refractivity contribution in [1.82, 2.24) is 5.43 Å². The fraction of sp³-hybridized carbons (Fsp3) is 0.182. The van der Waals surface area contributed by atoms with E-state index in [4.69, 9.17) is 5.26 Å². The molecule has 1 aromatic carbocycles. The minimum atomic E-state index is -0.404. The summed E-state index contributed by atoms with van der Waals surface area (Å²) in [7, 11) is 0. The number of hydrazone groups is 1. The van der Waals surface area contributed by atoms with Gasteiger partial charge in [0.1, 0.15) is 6.42 Å². The Labute approximate surface area is 102 Å². The van der Waals surface area contributed by atoms with Crippen molar-refractivity contribution in [2.45, 2.75) is 13.3 Å². The molecule has 1 N–H and O–H groups in total. The fourth-order valence-corrected chi connectivity index (χ4v) is 1.28. The quantitative estimate of drug-likeness (QED) is 0.681. The van der Waals surface area contributed by atoms with Gasteiger partial charge in [0.15, 0.2) is 0 Å². The van der Waals surface area contributed by atoms with Crippen LogP contribution in [0.5, 0.6) is 0 Å². The lowest BCUT2D eigenvalue weighted by Crippen LogP contribution is -2.18. The van der Waals surface area contributed by atoms with E-state index < -0.39 is 5.91 Å². The lowest BCUT2D eigenvalue weighted by molar-refractivity contribution is -0.120. The van der Waals surface area contributed by atoms with Crippen molar-refractivity contribution in [1.29, 1.82) is 5.26 Å². The molecule has 5 heteroatoms. The SMILES string of the molecule is CC(=NNC(=O)CC#N)c1ccc(Br)cc1. The van der Waals surface area contributed by atoms with Gasteiger partial charge in [-0.25, -0.2) is 5.43 Å². The van der Waals surface area contributed by atoms with Gasteiger partial charge in [-0.15, -0.1) is 0 Å². The Morgan fingerprint density at radius 1 is 1.50 bits per heavy atom. The van der Waals surface area contributed by atoms with Crippen LogP contribution in [0.25, 0.3) is 0 Å². The van der Waals surface area contributed by atoms with E-state index in [0.29, 0.717) is 5.71 Å². The van der Waals surface area contributed by atoms with Gasteiger partial charge in [-0.05, 0) is 24.6 Å².